The molecule has 1 aliphatic carbocycles. The number of hydrogen-bond acceptors (Lipinski definition) is 6. The summed E-state index contributed by atoms with van der Waals surface area (Å²) >= 11 is 0. The van der Waals surface area contributed by atoms with Crippen molar-refractivity contribution in [1.82, 2.24) is 4.90 Å². The lowest BCUT2D eigenvalue weighted by molar-refractivity contribution is -0.162. The summed E-state index contributed by atoms with van der Waals surface area (Å²) < 4.78 is 22.0. The monoisotopic (exact) mass is 377 g/mol. The fourth-order valence-corrected chi connectivity index (χ4v) is 3.36. The van der Waals surface area contributed by atoms with E-state index in [1.54, 1.807) is 24.0 Å². The van der Waals surface area contributed by atoms with Gasteiger partial charge in [0.05, 0.1) is 26.4 Å². The van der Waals surface area contributed by atoms with Crippen LogP contribution in [0, 0.1) is 0 Å². The molecule has 0 aromatic carbocycles. The van der Waals surface area contributed by atoms with E-state index in [9.17, 15) is 9.59 Å². The predicted molar refractivity (Wildman–Crippen MR) is 97.8 cm³/mol. The van der Waals surface area contributed by atoms with E-state index in [1.807, 2.05) is 0 Å². The first-order chi connectivity index (χ1) is 13.1. The number of ether oxygens (including phenoxy) is 4. The molecule has 1 amide bonds. The molecule has 0 unspecified atom stereocenters. The highest BCUT2D eigenvalue weighted by Gasteiger charge is 2.38. The van der Waals surface area contributed by atoms with Gasteiger partial charge in [-0.1, -0.05) is 12.2 Å². The van der Waals surface area contributed by atoms with Gasteiger partial charge in [-0.2, -0.15) is 0 Å². The lowest BCUT2D eigenvalue weighted by Gasteiger charge is -2.30. The van der Waals surface area contributed by atoms with E-state index < -0.39 is 17.9 Å². The van der Waals surface area contributed by atoms with Crippen LogP contribution in [0.2, 0.25) is 0 Å². The fourth-order valence-electron chi connectivity index (χ4n) is 3.36. The van der Waals surface area contributed by atoms with Crippen LogP contribution >= 0.6 is 0 Å². The van der Waals surface area contributed by atoms with Crippen molar-refractivity contribution in [3.05, 3.63) is 36.0 Å². The second-order valence-corrected chi connectivity index (χ2v) is 6.87. The third kappa shape index (κ3) is 5.76. The van der Waals surface area contributed by atoms with Crippen molar-refractivity contribution in [2.45, 2.75) is 38.1 Å². The van der Waals surface area contributed by atoms with Crippen molar-refractivity contribution < 1.29 is 28.5 Å². The molecule has 0 aromatic heterocycles. The van der Waals surface area contributed by atoms with Crippen LogP contribution in [-0.4, -0.2) is 68.2 Å². The minimum absolute atomic E-state index is 0.0917. The van der Waals surface area contributed by atoms with Crippen molar-refractivity contribution in [2.75, 3.05) is 39.5 Å². The Morgan fingerprint density at radius 2 is 1.93 bits per heavy atom. The van der Waals surface area contributed by atoms with E-state index in [1.165, 1.54) is 12.2 Å². The average molecular weight is 377 g/mol. The van der Waals surface area contributed by atoms with Gasteiger partial charge in [0, 0.05) is 38.1 Å². The highest BCUT2D eigenvalue weighted by atomic mass is 16.7. The molecule has 1 spiro atoms. The molecule has 2 heterocycles. The summed E-state index contributed by atoms with van der Waals surface area (Å²) in [5, 5.41) is 0. The molecule has 0 bridgehead atoms. The molecule has 148 valence electrons. The molecule has 0 saturated carbocycles. The molecule has 2 aliphatic heterocycles. The number of carbonyl (C=O) groups is 2. The molecule has 3 aliphatic rings. The Hall–Kier alpha value is -1.96. The van der Waals surface area contributed by atoms with Crippen LogP contribution in [-0.2, 0) is 28.5 Å². The first-order valence-corrected chi connectivity index (χ1v) is 9.47. The Kier molecular flexibility index (Phi) is 6.82. The smallest absolute Gasteiger partial charge is 0.331 e. The summed E-state index contributed by atoms with van der Waals surface area (Å²) in [5.41, 5.74) is 1.01. The largest absolute Gasteiger partial charge is 0.455 e. The fraction of sp³-hybridized carbons (Fsp3) is 0.600. The molecule has 27 heavy (non-hydrogen) atoms. The van der Waals surface area contributed by atoms with Crippen molar-refractivity contribution >= 4 is 11.9 Å². The second kappa shape index (κ2) is 9.30. The molecule has 2 fully saturated rings. The van der Waals surface area contributed by atoms with Gasteiger partial charge in [-0.3, -0.25) is 4.79 Å². The number of esters is 1. The summed E-state index contributed by atoms with van der Waals surface area (Å²) in [6.07, 6.45) is 10.2. The first-order valence-electron chi connectivity index (χ1n) is 9.47. The van der Waals surface area contributed by atoms with Crippen molar-refractivity contribution in [3.63, 3.8) is 0 Å². The van der Waals surface area contributed by atoms with Gasteiger partial charge >= 0.3 is 5.97 Å². The normalized spacial score (nSPS) is 23.7. The maximum atomic E-state index is 12.0. The van der Waals surface area contributed by atoms with Crippen molar-refractivity contribution in [2.24, 2.45) is 0 Å². The van der Waals surface area contributed by atoms with E-state index in [4.69, 9.17) is 18.9 Å². The Balaban J connectivity index is 1.44. The molecule has 7 nitrogen and oxygen atoms in total. The second-order valence-electron chi connectivity index (χ2n) is 6.87. The molecule has 1 atom stereocenters. The summed E-state index contributed by atoms with van der Waals surface area (Å²) in [5.74, 6) is -1.06. The summed E-state index contributed by atoms with van der Waals surface area (Å²) in [6, 6.07) is 0. The molecule has 2 saturated heterocycles. The Labute approximate surface area is 159 Å². The van der Waals surface area contributed by atoms with Crippen molar-refractivity contribution in [1.29, 1.82) is 0 Å². The van der Waals surface area contributed by atoms with Gasteiger partial charge in [0.15, 0.2) is 5.79 Å². The number of rotatable bonds is 5. The van der Waals surface area contributed by atoms with Gasteiger partial charge in [-0.25, -0.2) is 4.79 Å². The molecule has 0 N–H and O–H groups in total. The van der Waals surface area contributed by atoms with Gasteiger partial charge in [0.2, 0.25) is 5.91 Å². The highest BCUT2D eigenvalue weighted by Crippen LogP contribution is 2.36. The number of hydrogen-bond donors (Lipinski definition) is 0. The number of nitrogens with zero attached hydrogens (tertiary/aromatic N) is 1. The van der Waals surface area contributed by atoms with E-state index >= 15 is 0 Å². The number of carbonyl (C=O) groups excluding carboxylic acids is 2. The Morgan fingerprint density at radius 1 is 1.19 bits per heavy atom. The third-order valence-electron chi connectivity index (χ3n) is 4.79. The molecule has 0 aromatic rings. The molecule has 0 radical (unpaired) electrons. The number of allylic oxidation sites excluding steroid dienone is 2. The maximum absolute atomic E-state index is 12.0. The van der Waals surface area contributed by atoms with Crippen LogP contribution in [0.1, 0.15) is 26.2 Å². The SMILES string of the molecule is C[C@H](/C=C\C(=O)N1CCOCC1)OC(=O)/C=C/C1=CCCC2(C1)OCCO2. The topological polar surface area (TPSA) is 74.3 Å². The van der Waals surface area contributed by atoms with Crippen LogP contribution in [0.4, 0.5) is 0 Å². The van der Waals surface area contributed by atoms with Gasteiger partial charge in [0.25, 0.3) is 0 Å². The number of amides is 1. The van der Waals surface area contributed by atoms with Crippen LogP contribution < -0.4 is 0 Å². The van der Waals surface area contributed by atoms with E-state index in [0.717, 1.165) is 18.4 Å². The van der Waals surface area contributed by atoms with E-state index in [-0.39, 0.29) is 5.91 Å². The molecule has 3 rings (SSSR count). The minimum atomic E-state index is -0.520. The predicted octanol–water partition coefficient (Wildman–Crippen LogP) is 1.74. The van der Waals surface area contributed by atoms with Crippen LogP contribution in [0.3, 0.4) is 0 Å². The zero-order chi connectivity index (χ0) is 19.1. The lowest BCUT2D eigenvalue weighted by Crippen LogP contribution is -2.39. The first kappa shape index (κ1) is 19.8. The van der Waals surface area contributed by atoms with Gasteiger partial charge in [-0.05, 0) is 25.0 Å². The average Bonchev–Trinajstić information content (AvgIpc) is 3.12. The van der Waals surface area contributed by atoms with Crippen LogP contribution in [0.5, 0.6) is 0 Å². The maximum Gasteiger partial charge on any atom is 0.331 e. The van der Waals surface area contributed by atoms with Gasteiger partial charge in [-0.15, -0.1) is 0 Å². The van der Waals surface area contributed by atoms with Crippen molar-refractivity contribution in [3.8, 4) is 0 Å². The van der Waals surface area contributed by atoms with E-state index in [2.05, 4.69) is 6.08 Å². The number of morpholine rings is 1. The molecular formula is C20H27NO6. The van der Waals surface area contributed by atoms with Crippen LogP contribution in [0.15, 0.2) is 36.0 Å². The standard InChI is InChI=1S/C20H27NO6/c1-16(4-6-18(22)21-9-11-24-12-10-21)27-19(23)7-5-17-3-2-8-20(15-17)25-13-14-26-20/h3-7,16H,2,8-15H2,1H3/b6-4-,7-5+/t16-/m1/s1. The Morgan fingerprint density at radius 3 is 2.67 bits per heavy atom. The third-order valence-corrected chi connectivity index (χ3v) is 4.79. The molecular weight excluding hydrogens is 350 g/mol. The quantitative estimate of drug-likeness (QED) is 0.537. The minimum Gasteiger partial charge on any atom is -0.455 e. The lowest BCUT2D eigenvalue weighted by atomic mass is 9.93. The summed E-state index contributed by atoms with van der Waals surface area (Å²) in [7, 11) is 0. The van der Waals surface area contributed by atoms with Crippen LogP contribution in [0.25, 0.3) is 0 Å². The Bertz CT molecular complexity index is 626. The molecule has 7 heteroatoms. The summed E-state index contributed by atoms with van der Waals surface area (Å²) in [4.78, 5) is 25.8. The highest BCUT2D eigenvalue weighted by molar-refractivity contribution is 5.88. The zero-order valence-corrected chi connectivity index (χ0v) is 15.7. The zero-order valence-electron chi connectivity index (χ0n) is 15.7. The van der Waals surface area contributed by atoms with Gasteiger partial charge < -0.3 is 23.8 Å². The summed E-state index contributed by atoms with van der Waals surface area (Å²) in [6.45, 7) is 5.25. The van der Waals surface area contributed by atoms with E-state index in [0.29, 0.717) is 45.9 Å². The van der Waals surface area contributed by atoms with Gasteiger partial charge in [0.1, 0.15) is 6.10 Å².